The maximum absolute atomic E-state index is 12.9. The van der Waals surface area contributed by atoms with Crippen LogP contribution in [0.5, 0.6) is 11.5 Å². The summed E-state index contributed by atoms with van der Waals surface area (Å²) in [6.45, 7) is 5.68. The number of hydrogen-bond donors (Lipinski definition) is 0. The lowest BCUT2D eigenvalue weighted by Gasteiger charge is -2.32. The predicted octanol–water partition coefficient (Wildman–Crippen LogP) is 6.26. The van der Waals surface area contributed by atoms with Gasteiger partial charge in [-0.2, -0.15) is 5.26 Å². The van der Waals surface area contributed by atoms with Gasteiger partial charge in [-0.05, 0) is 80.8 Å². The molecule has 3 aromatic carbocycles. The van der Waals surface area contributed by atoms with Crippen molar-refractivity contribution in [2.75, 3.05) is 19.7 Å². The van der Waals surface area contributed by atoms with Crippen LogP contribution >= 0.6 is 0 Å². The molecule has 1 heterocycles. The van der Waals surface area contributed by atoms with Gasteiger partial charge in [-0.1, -0.05) is 48.5 Å². The Morgan fingerprint density at radius 2 is 1.64 bits per heavy atom. The summed E-state index contributed by atoms with van der Waals surface area (Å²) < 4.78 is 11.9. The van der Waals surface area contributed by atoms with Gasteiger partial charge in [0.05, 0.1) is 17.7 Å². The summed E-state index contributed by atoms with van der Waals surface area (Å²) in [5.41, 5.74) is 3.75. The molecule has 3 aromatic rings. The highest BCUT2D eigenvalue weighted by Gasteiger charge is 2.23. The first kappa shape index (κ1) is 25.3. The molecular weight excluding hydrogens is 448 g/mol. The summed E-state index contributed by atoms with van der Waals surface area (Å²) in [6.07, 6.45) is 4.30. The molecular formula is C31H34N2O3. The number of nitrogens with zero attached hydrogens (tertiary/aromatic N) is 2. The van der Waals surface area contributed by atoms with Crippen LogP contribution in [-0.4, -0.2) is 36.6 Å². The van der Waals surface area contributed by atoms with Gasteiger partial charge < -0.3 is 14.4 Å². The summed E-state index contributed by atoms with van der Waals surface area (Å²) in [7, 11) is 0. The molecule has 0 bridgehead atoms. The van der Waals surface area contributed by atoms with Crippen molar-refractivity contribution in [2.45, 2.75) is 45.6 Å². The fraction of sp³-hybridized carbons (Fsp3) is 0.355. The Bertz CT molecular complexity index is 1190. The minimum absolute atomic E-state index is 0.0257. The Morgan fingerprint density at radius 3 is 2.33 bits per heavy atom. The lowest BCUT2D eigenvalue weighted by atomic mass is 9.90. The van der Waals surface area contributed by atoms with Crippen LogP contribution in [0.4, 0.5) is 0 Å². The van der Waals surface area contributed by atoms with E-state index in [9.17, 15) is 4.79 Å². The number of nitriles is 1. The molecule has 1 fully saturated rings. The zero-order valence-corrected chi connectivity index (χ0v) is 21.2. The third kappa shape index (κ3) is 6.66. The first-order valence-electron chi connectivity index (χ1n) is 12.8. The molecule has 0 aliphatic carbocycles. The predicted molar refractivity (Wildman–Crippen MR) is 142 cm³/mol. The maximum Gasteiger partial charge on any atom is 0.260 e. The summed E-state index contributed by atoms with van der Waals surface area (Å²) in [5, 5.41) is 9.04. The van der Waals surface area contributed by atoms with Crippen LogP contribution in [0.1, 0.15) is 44.2 Å². The first-order chi connectivity index (χ1) is 17.5. The number of carbonyl (C=O) groups is 1. The summed E-state index contributed by atoms with van der Waals surface area (Å²) in [6, 6.07) is 25.5. The van der Waals surface area contributed by atoms with E-state index in [-0.39, 0.29) is 18.6 Å². The Kier molecular flexibility index (Phi) is 8.62. The average Bonchev–Trinajstić information content (AvgIpc) is 2.91. The van der Waals surface area contributed by atoms with Gasteiger partial charge >= 0.3 is 0 Å². The van der Waals surface area contributed by atoms with E-state index in [1.165, 1.54) is 5.56 Å². The van der Waals surface area contributed by atoms with Gasteiger partial charge in [-0.3, -0.25) is 4.79 Å². The number of piperidine rings is 1. The molecule has 0 saturated carbocycles. The van der Waals surface area contributed by atoms with Crippen LogP contribution in [0.2, 0.25) is 0 Å². The molecule has 4 rings (SSSR count). The number of hydrogen-bond acceptors (Lipinski definition) is 4. The third-order valence-electron chi connectivity index (χ3n) is 6.69. The molecule has 1 aliphatic rings. The van der Waals surface area contributed by atoms with Crippen molar-refractivity contribution in [3.8, 4) is 28.7 Å². The third-order valence-corrected chi connectivity index (χ3v) is 6.69. The van der Waals surface area contributed by atoms with Crippen LogP contribution in [0.15, 0.2) is 72.8 Å². The molecule has 0 unspecified atom stereocenters. The number of aryl methyl sites for hydroxylation is 1. The van der Waals surface area contributed by atoms with E-state index in [2.05, 4.69) is 38.1 Å². The smallest absolute Gasteiger partial charge is 0.260 e. The second-order valence-electron chi connectivity index (χ2n) is 9.61. The molecule has 0 aromatic heterocycles. The van der Waals surface area contributed by atoms with E-state index in [4.69, 9.17) is 14.7 Å². The maximum atomic E-state index is 12.9. The van der Waals surface area contributed by atoms with Crippen LogP contribution in [0.25, 0.3) is 11.1 Å². The topological polar surface area (TPSA) is 62.6 Å². The molecule has 0 N–H and O–H groups in total. The second kappa shape index (κ2) is 12.3. The molecule has 1 amide bonds. The molecule has 0 atom stereocenters. The highest BCUT2D eigenvalue weighted by Crippen LogP contribution is 2.30. The molecule has 1 aliphatic heterocycles. The number of para-hydroxylation sites is 2. The van der Waals surface area contributed by atoms with Gasteiger partial charge in [0.25, 0.3) is 5.91 Å². The van der Waals surface area contributed by atoms with Gasteiger partial charge in [0.1, 0.15) is 11.5 Å². The average molecular weight is 483 g/mol. The number of likely N-dealkylation sites (tertiary alicyclic amines) is 1. The molecule has 0 spiro atoms. The largest absolute Gasteiger partial charge is 0.491 e. The zero-order valence-electron chi connectivity index (χ0n) is 21.2. The Morgan fingerprint density at radius 1 is 0.972 bits per heavy atom. The number of ether oxygens (including phenoxy) is 2. The second-order valence-corrected chi connectivity index (χ2v) is 9.61. The zero-order chi connectivity index (χ0) is 25.3. The lowest BCUT2D eigenvalue weighted by molar-refractivity contribution is -0.134. The monoisotopic (exact) mass is 482 g/mol. The Labute approximate surface area is 214 Å². The van der Waals surface area contributed by atoms with E-state index in [0.717, 1.165) is 55.6 Å². The van der Waals surface area contributed by atoms with E-state index < -0.39 is 0 Å². The van der Waals surface area contributed by atoms with Crippen molar-refractivity contribution < 1.29 is 14.3 Å². The molecule has 5 heteroatoms. The van der Waals surface area contributed by atoms with Crippen molar-refractivity contribution in [1.29, 1.82) is 5.26 Å². The molecule has 1 saturated heterocycles. The van der Waals surface area contributed by atoms with Gasteiger partial charge in [-0.15, -0.1) is 0 Å². The fourth-order valence-corrected chi connectivity index (χ4v) is 4.70. The minimum atomic E-state index is 0.0257. The summed E-state index contributed by atoms with van der Waals surface area (Å²) >= 11 is 0. The van der Waals surface area contributed by atoms with Gasteiger partial charge in [-0.25, -0.2) is 0 Å². The fourth-order valence-electron chi connectivity index (χ4n) is 4.70. The quantitative estimate of drug-likeness (QED) is 0.361. The standard InChI is InChI=1S/C31H34N2O3/c1-23(2)36-29-9-5-3-7-27(29)16-11-24-17-19-33(20-18-24)31(34)22-35-30-10-6-4-8-28(30)26-14-12-25(21-32)13-15-26/h3-10,12-15,23-24H,11,16-20,22H2,1-2H3. The van der Waals surface area contributed by atoms with Gasteiger partial charge in [0, 0.05) is 18.7 Å². The van der Waals surface area contributed by atoms with Gasteiger partial charge in [0.15, 0.2) is 6.61 Å². The van der Waals surface area contributed by atoms with E-state index in [0.29, 0.717) is 17.2 Å². The molecule has 0 radical (unpaired) electrons. The summed E-state index contributed by atoms with van der Waals surface area (Å²) in [5.74, 6) is 2.30. The Balaban J connectivity index is 1.27. The van der Waals surface area contributed by atoms with Crippen molar-refractivity contribution in [3.05, 3.63) is 83.9 Å². The van der Waals surface area contributed by atoms with Crippen molar-refractivity contribution in [2.24, 2.45) is 5.92 Å². The molecule has 5 nitrogen and oxygen atoms in total. The number of amides is 1. The van der Waals surface area contributed by atoms with Crippen molar-refractivity contribution >= 4 is 5.91 Å². The first-order valence-corrected chi connectivity index (χ1v) is 12.8. The number of rotatable bonds is 9. The highest BCUT2D eigenvalue weighted by atomic mass is 16.5. The number of carbonyl (C=O) groups excluding carboxylic acids is 1. The van der Waals surface area contributed by atoms with Crippen LogP contribution in [-0.2, 0) is 11.2 Å². The van der Waals surface area contributed by atoms with Gasteiger partial charge in [0.2, 0.25) is 0 Å². The SMILES string of the molecule is CC(C)Oc1ccccc1CCC1CCN(C(=O)COc2ccccc2-c2ccc(C#N)cc2)CC1. The lowest BCUT2D eigenvalue weighted by Crippen LogP contribution is -2.41. The van der Waals surface area contributed by atoms with E-state index in [1.54, 1.807) is 12.1 Å². The molecule has 186 valence electrons. The number of benzene rings is 3. The normalized spacial score (nSPS) is 13.9. The minimum Gasteiger partial charge on any atom is -0.491 e. The van der Waals surface area contributed by atoms with Crippen LogP contribution < -0.4 is 9.47 Å². The van der Waals surface area contributed by atoms with Crippen LogP contribution in [0, 0.1) is 17.2 Å². The van der Waals surface area contributed by atoms with Crippen molar-refractivity contribution in [3.63, 3.8) is 0 Å². The van der Waals surface area contributed by atoms with Crippen LogP contribution in [0.3, 0.4) is 0 Å². The summed E-state index contributed by atoms with van der Waals surface area (Å²) in [4.78, 5) is 14.8. The Hall–Kier alpha value is -3.78. The highest BCUT2D eigenvalue weighted by molar-refractivity contribution is 5.78. The van der Waals surface area contributed by atoms with E-state index in [1.807, 2.05) is 47.4 Å². The van der Waals surface area contributed by atoms with E-state index >= 15 is 0 Å². The van der Waals surface area contributed by atoms with Crippen molar-refractivity contribution in [1.82, 2.24) is 4.90 Å². The molecule has 36 heavy (non-hydrogen) atoms.